The van der Waals surface area contributed by atoms with E-state index in [9.17, 15) is 4.79 Å². The molecule has 1 aliphatic rings. The number of alkyl carbamates (subject to hydrolysis) is 1. The number of nitrogens with one attached hydrogen (secondary N) is 2. The number of carbonyl (C=O) groups is 1. The summed E-state index contributed by atoms with van der Waals surface area (Å²) in [6.07, 6.45) is 4.20. The van der Waals surface area contributed by atoms with E-state index in [-0.39, 0.29) is 12.1 Å². The average molecular weight is 270 g/mol. The molecule has 1 rings (SSSR count). The van der Waals surface area contributed by atoms with Gasteiger partial charge >= 0.3 is 6.09 Å². The van der Waals surface area contributed by atoms with E-state index >= 15 is 0 Å². The van der Waals surface area contributed by atoms with E-state index in [1.54, 1.807) is 0 Å². The first-order chi connectivity index (χ1) is 8.76. The summed E-state index contributed by atoms with van der Waals surface area (Å²) >= 11 is 0. The summed E-state index contributed by atoms with van der Waals surface area (Å²) in [6.45, 7) is 11.1. The summed E-state index contributed by atoms with van der Waals surface area (Å²) < 4.78 is 5.28. The van der Waals surface area contributed by atoms with Crippen molar-refractivity contribution in [2.45, 2.75) is 78.0 Å². The Kier molecular flexibility index (Phi) is 6.11. The Morgan fingerprint density at radius 3 is 2.26 bits per heavy atom. The van der Waals surface area contributed by atoms with Crippen LogP contribution >= 0.6 is 0 Å². The Labute approximate surface area is 117 Å². The van der Waals surface area contributed by atoms with E-state index in [4.69, 9.17) is 4.74 Å². The van der Waals surface area contributed by atoms with Crippen molar-refractivity contribution in [3.05, 3.63) is 0 Å². The molecule has 0 spiro atoms. The van der Waals surface area contributed by atoms with Gasteiger partial charge in [0.2, 0.25) is 0 Å². The van der Waals surface area contributed by atoms with Crippen molar-refractivity contribution in [3.8, 4) is 0 Å². The van der Waals surface area contributed by atoms with E-state index in [1.165, 1.54) is 12.8 Å². The molecular formula is C15H30N2O2. The van der Waals surface area contributed by atoms with Gasteiger partial charge in [-0.05, 0) is 58.9 Å². The number of amides is 1. The maximum atomic E-state index is 11.7. The molecule has 1 aliphatic carbocycles. The SMILES string of the molecule is CC(C)NCC1CCC(NC(=O)OC(C)(C)C)CC1. The molecule has 2 N–H and O–H groups in total. The summed E-state index contributed by atoms with van der Waals surface area (Å²) in [4.78, 5) is 11.7. The second-order valence-corrected chi connectivity index (χ2v) is 6.93. The Bertz CT molecular complexity index is 276. The van der Waals surface area contributed by atoms with Gasteiger partial charge in [-0.1, -0.05) is 13.8 Å². The third-order valence-electron chi connectivity index (χ3n) is 3.38. The molecule has 4 heteroatoms. The van der Waals surface area contributed by atoms with Gasteiger partial charge < -0.3 is 15.4 Å². The maximum Gasteiger partial charge on any atom is 0.407 e. The second kappa shape index (κ2) is 7.13. The van der Waals surface area contributed by atoms with Crippen LogP contribution < -0.4 is 10.6 Å². The summed E-state index contributed by atoms with van der Waals surface area (Å²) in [6, 6.07) is 0.836. The van der Waals surface area contributed by atoms with Crippen molar-refractivity contribution in [1.29, 1.82) is 0 Å². The van der Waals surface area contributed by atoms with Crippen molar-refractivity contribution in [1.82, 2.24) is 10.6 Å². The zero-order valence-corrected chi connectivity index (χ0v) is 13.1. The molecule has 0 aromatic rings. The van der Waals surface area contributed by atoms with Gasteiger partial charge in [0.15, 0.2) is 0 Å². The minimum atomic E-state index is -0.414. The first-order valence-corrected chi connectivity index (χ1v) is 7.49. The van der Waals surface area contributed by atoms with Crippen LogP contribution in [0.1, 0.15) is 60.3 Å². The van der Waals surface area contributed by atoms with Gasteiger partial charge in [0.1, 0.15) is 5.60 Å². The fourth-order valence-corrected chi connectivity index (χ4v) is 2.39. The van der Waals surface area contributed by atoms with Crippen LogP contribution in [-0.2, 0) is 4.74 Å². The molecule has 0 radical (unpaired) electrons. The molecule has 112 valence electrons. The smallest absolute Gasteiger partial charge is 0.407 e. The van der Waals surface area contributed by atoms with Gasteiger partial charge in [-0.15, -0.1) is 0 Å². The highest BCUT2D eigenvalue weighted by Crippen LogP contribution is 2.24. The van der Waals surface area contributed by atoms with Crippen molar-refractivity contribution in [2.75, 3.05) is 6.54 Å². The molecule has 0 atom stereocenters. The number of hydrogen-bond donors (Lipinski definition) is 2. The lowest BCUT2D eigenvalue weighted by molar-refractivity contribution is 0.0487. The Morgan fingerprint density at radius 2 is 1.79 bits per heavy atom. The molecule has 4 nitrogen and oxygen atoms in total. The zero-order chi connectivity index (χ0) is 14.5. The quantitative estimate of drug-likeness (QED) is 0.825. The molecule has 0 aromatic carbocycles. The summed E-state index contributed by atoms with van der Waals surface area (Å²) in [5.74, 6) is 0.749. The monoisotopic (exact) mass is 270 g/mol. The van der Waals surface area contributed by atoms with Gasteiger partial charge in [0.05, 0.1) is 0 Å². The third-order valence-corrected chi connectivity index (χ3v) is 3.38. The largest absolute Gasteiger partial charge is 0.444 e. The van der Waals surface area contributed by atoms with Gasteiger partial charge in [-0.2, -0.15) is 0 Å². The van der Waals surface area contributed by atoms with E-state index in [0.29, 0.717) is 6.04 Å². The minimum absolute atomic E-state index is 0.281. The molecule has 0 unspecified atom stereocenters. The van der Waals surface area contributed by atoms with Crippen LogP contribution in [-0.4, -0.2) is 30.3 Å². The lowest BCUT2D eigenvalue weighted by Crippen LogP contribution is -2.42. The highest BCUT2D eigenvalue weighted by atomic mass is 16.6. The van der Waals surface area contributed by atoms with Gasteiger partial charge in [0, 0.05) is 12.1 Å². The number of ether oxygens (including phenoxy) is 1. The minimum Gasteiger partial charge on any atom is -0.444 e. The van der Waals surface area contributed by atoms with Crippen LogP contribution in [0.2, 0.25) is 0 Å². The first kappa shape index (κ1) is 16.3. The molecule has 0 aromatic heterocycles. The average Bonchev–Trinajstić information content (AvgIpc) is 2.25. The Balaban J connectivity index is 2.21. The Hall–Kier alpha value is -0.770. The van der Waals surface area contributed by atoms with Crippen molar-refractivity contribution in [2.24, 2.45) is 5.92 Å². The molecule has 0 bridgehead atoms. The van der Waals surface area contributed by atoms with Gasteiger partial charge in [0.25, 0.3) is 0 Å². The van der Waals surface area contributed by atoms with Gasteiger partial charge in [-0.25, -0.2) is 4.79 Å². The normalized spacial score (nSPS) is 24.3. The van der Waals surface area contributed by atoms with Crippen LogP contribution in [0.5, 0.6) is 0 Å². The lowest BCUT2D eigenvalue weighted by atomic mass is 9.86. The predicted octanol–water partition coefficient (Wildman–Crippen LogP) is 3.07. The molecule has 0 heterocycles. The van der Waals surface area contributed by atoms with E-state index in [0.717, 1.165) is 25.3 Å². The fraction of sp³-hybridized carbons (Fsp3) is 0.933. The highest BCUT2D eigenvalue weighted by Gasteiger charge is 2.24. The summed E-state index contributed by atoms with van der Waals surface area (Å²) in [5.41, 5.74) is -0.414. The molecule has 0 aliphatic heterocycles. The first-order valence-electron chi connectivity index (χ1n) is 7.49. The number of rotatable bonds is 4. The molecule has 19 heavy (non-hydrogen) atoms. The van der Waals surface area contributed by atoms with Crippen LogP contribution in [0.25, 0.3) is 0 Å². The van der Waals surface area contributed by atoms with Crippen molar-refractivity contribution in [3.63, 3.8) is 0 Å². The number of hydrogen-bond acceptors (Lipinski definition) is 3. The van der Waals surface area contributed by atoms with Crippen LogP contribution in [0, 0.1) is 5.92 Å². The van der Waals surface area contributed by atoms with Crippen LogP contribution in [0.15, 0.2) is 0 Å². The second-order valence-electron chi connectivity index (χ2n) is 6.93. The van der Waals surface area contributed by atoms with E-state index in [1.807, 2.05) is 20.8 Å². The topological polar surface area (TPSA) is 50.4 Å². The fourth-order valence-electron chi connectivity index (χ4n) is 2.39. The zero-order valence-electron chi connectivity index (χ0n) is 13.1. The standard InChI is InChI=1S/C15H30N2O2/c1-11(2)16-10-12-6-8-13(9-7-12)17-14(18)19-15(3,4)5/h11-13,16H,6-10H2,1-5H3,(H,17,18). The van der Waals surface area contributed by atoms with Crippen molar-refractivity contribution >= 4 is 6.09 Å². The predicted molar refractivity (Wildman–Crippen MR) is 78.3 cm³/mol. The number of carbonyl (C=O) groups excluding carboxylic acids is 1. The highest BCUT2D eigenvalue weighted by molar-refractivity contribution is 5.68. The van der Waals surface area contributed by atoms with Crippen LogP contribution in [0.3, 0.4) is 0 Å². The molecule has 1 amide bonds. The lowest BCUT2D eigenvalue weighted by Gasteiger charge is -2.30. The third kappa shape index (κ3) is 7.41. The van der Waals surface area contributed by atoms with E-state index in [2.05, 4.69) is 24.5 Å². The molecule has 1 fully saturated rings. The van der Waals surface area contributed by atoms with E-state index < -0.39 is 5.60 Å². The van der Waals surface area contributed by atoms with Crippen LogP contribution in [0.4, 0.5) is 4.79 Å². The maximum absolute atomic E-state index is 11.7. The molecule has 1 saturated carbocycles. The molecular weight excluding hydrogens is 240 g/mol. The van der Waals surface area contributed by atoms with Gasteiger partial charge in [-0.3, -0.25) is 0 Å². The molecule has 0 saturated heterocycles. The van der Waals surface area contributed by atoms with Crippen molar-refractivity contribution < 1.29 is 9.53 Å². The Morgan fingerprint density at radius 1 is 1.21 bits per heavy atom. The summed E-state index contributed by atoms with van der Waals surface area (Å²) in [7, 11) is 0. The summed E-state index contributed by atoms with van der Waals surface area (Å²) in [5, 5.41) is 6.47.